The fourth-order valence-corrected chi connectivity index (χ4v) is 2.54. The summed E-state index contributed by atoms with van der Waals surface area (Å²) in [6, 6.07) is 10.5. The number of amides is 1. The summed E-state index contributed by atoms with van der Waals surface area (Å²) in [6.07, 6.45) is 3.28. The summed E-state index contributed by atoms with van der Waals surface area (Å²) in [4.78, 5) is 14.3. The van der Waals surface area contributed by atoms with E-state index in [1.54, 1.807) is 0 Å². The maximum absolute atomic E-state index is 12.3. The van der Waals surface area contributed by atoms with Crippen molar-refractivity contribution >= 4 is 5.91 Å². The van der Waals surface area contributed by atoms with Crippen LogP contribution in [0.25, 0.3) is 0 Å². The lowest BCUT2D eigenvalue weighted by molar-refractivity contribution is -0.151. The molecular weight excluding hydrogens is 238 g/mol. The summed E-state index contributed by atoms with van der Waals surface area (Å²) in [7, 11) is 0. The third-order valence-electron chi connectivity index (χ3n) is 4.11. The topological polar surface area (TPSA) is 29.5 Å². The first kappa shape index (κ1) is 12.7. The molecule has 1 heterocycles. The van der Waals surface area contributed by atoms with Gasteiger partial charge in [0.25, 0.3) is 5.91 Å². The second-order valence-electron chi connectivity index (χ2n) is 5.67. The minimum atomic E-state index is -0.299. The van der Waals surface area contributed by atoms with Crippen molar-refractivity contribution < 1.29 is 9.53 Å². The number of carbonyl (C=O) groups excluding carboxylic acids is 1. The molecule has 0 radical (unpaired) electrons. The number of ether oxygens (including phenoxy) is 1. The summed E-state index contributed by atoms with van der Waals surface area (Å²) < 4.78 is 5.68. The Morgan fingerprint density at radius 2 is 2.05 bits per heavy atom. The fourth-order valence-electron chi connectivity index (χ4n) is 2.54. The molecule has 2 atom stereocenters. The molecule has 0 bridgehead atoms. The second-order valence-corrected chi connectivity index (χ2v) is 5.67. The van der Waals surface area contributed by atoms with E-state index >= 15 is 0 Å². The number of rotatable bonds is 5. The summed E-state index contributed by atoms with van der Waals surface area (Å²) >= 11 is 0. The van der Waals surface area contributed by atoms with E-state index in [9.17, 15) is 4.79 Å². The quantitative estimate of drug-likeness (QED) is 0.813. The van der Waals surface area contributed by atoms with Crippen LogP contribution in [0.1, 0.15) is 37.8 Å². The summed E-state index contributed by atoms with van der Waals surface area (Å²) in [5.41, 5.74) is 1.23. The summed E-state index contributed by atoms with van der Waals surface area (Å²) in [5.74, 6) is 0.845. The van der Waals surface area contributed by atoms with E-state index in [1.165, 1.54) is 18.4 Å². The summed E-state index contributed by atoms with van der Waals surface area (Å²) in [6.45, 7) is 3.48. The Kier molecular flexibility index (Phi) is 3.56. The normalized spacial score (nSPS) is 23.8. The third kappa shape index (κ3) is 2.81. The van der Waals surface area contributed by atoms with E-state index in [-0.39, 0.29) is 18.1 Å². The van der Waals surface area contributed by atoms with E-state index in [0.29, 0.717) is 5.92 Å². The molecule has 1 aliphatic heterocycles. The van der Waals surface area contributed by atoms with Crippen molar-refractivity contribution in [2.45, 2.75) is 38.3 Å². The maximum atomic E-state index is 12.3. The lowest BCUT2D eigenvalue weighted by atomic mass is 9.94. The van der Waals surface area contributed by atoms with E-state index in [0.717, 1.165) is 19.6 Å². The highest BCUT2D eigenvalue weighted by Gasteiger charge is 2.36. The summed E-state index contributed by atoms with van der Waals surface area (Å²) in [5, 5.41) is 0. The Hall–Kier alpha value is -1.35. The first-order chi connectivity index (χ1) is 9.25. The van der Waals surface area contributed by atoms with Gasteiger partial charge < -0.3 is 9.64 Å². The van der Waals surface area contributed by atoms with Gasteiger partial charge in [-0.25, -0.2) is 0 Å². The van der Waals surface area contributed by atoms with Gasteiger partial charge in [0.05, 0.1) is 12.6 Å². The molecule has 3 rings (SSSR count). The molecule has 2 unspecified atom stereocenters. The van der Waals surface area contributed by atoms with Crippen molar-refractivity contribution in [3.8, 4) is 0 Å². The average molecular weight is 259 g/mol. The van der Waals surface area contributed by atoms with Crippen molar-refractivity contribution in [1.82, 2.24) is 4.90 Å². The van der Waals surface area contributed by atoms with Crippen LogP contribution in [0.2, 0.25) is 0 Å². The van der Waals surface area contributed by atoms with E-state index in [2.05, 4.69) is 12.1 Å². The van der Waals surface area contributed by atoms with Crippen LogP contribution >= 0.6 is 0 Å². The van der Waals surface area contributed by atoms with Gasteiger partial charge in [-0.15, -0.1) is 0 Å². The van der Waals surface area contributed by atoms with Crippen LogP contribution in [-0.2, 0) is 9.53 Å². The Labute approximate surface area is 114 Å². The molecule has 1 amide bonds. The van der Waals surface area contributed by atoms with Gasteiger partial charge in [-0.05, 0) is 37.7 Å². The first-order valence-electron chi connectivity index (χ1n) is 7.22. The predicted molar refractivity (Wildman–Crippen MR) is 73.7 cm³/mol. The van der Waals surface area contributed by atoms with Crippen molar-refractivity contribution in [2.24, 2.45) is 5.92 Å². The molecule has 102 valence electrons. The lowest BCUT2D eigenvalue weighted by Crippen LogP contribution is -2.49. The van der Waals surface area contributed by atoms with E-state index in [4.69, 9.17) is 4.74 Å². The molecule has 0 aromatic heterocycles. The van der Waals surface area contributed by atoms with Crippen LogP contribution in [0.5, 0.6) is 0 Å². The largest absolute Gasteiger partial charge is 0.368 e. The molecule has 3 nitrogen and oxygen atoms in total. The highest BCUT2D eigenvalue weighted by atomic mass is 16.5. The predicted octanol–water partition coefficient (Wildman–Crippen LogP) is 2.78. The monoisotopic (exact) mass is 259 g/mol. The number of hydrogen-bond acceptors (Lipinski definition) is 2. The number of carbonyl (C=O) groups is 1. The van der Waals surface area contributed by atoms with Crippen molar-refractivity contribution in [2.75, 3.05) is 13.2 Å². The van der Waals surface area contributed by atoms with Gasteiger partial charge >= 0.3 is 0 Å². The van der Waals surface area contributed by atoms with Gasteiger partial charge in [0.15, 0.2) is 0 Å². The highest BCUT2D eigenvalue weighted by Crippen LogP contribution is 2.34. The van der Waals surface area contributed by atoms with Crippen molar-refractivity contribution in [3.05, 3.63) is 35.9 Å². The van der Waals surface area contributed by atoms with Gasteiger partial charge in [-0.3, -0.25) is 4.79 Å². The molecule has 3 heteroatoms. The zero-order valence-electron chi connectivity index (χ0n) is 11.4. The molecule has 1 aromatic carbocycles. The number of likely N-dealkylation sites (tertiary alicyclic amines) is 1. The van der Waals surface area contributed by atoms with Crippen molar-refractivity contribution in [3.63, 3.8) is 0 Å². The molecule has 19 heavy (non-hydrogen) atoms. The number of nitrogens with zero attached hydrogens (tertiary/aromatic N) is 1. The van der Waals surface area contributed by atoms with Crippen LogP contribution < -0.4 is 0 Å². The van der Waals surface area contributed by atoms with Gasteiger partial charge in [-0.2, -0.15) is 0 Å². The Morgan fingerprint density at radius 3 is 2.63 bits per heavy atom. The maximum Gasteiger partial charge on any atom is 0.251 e. The van der Waals surface area contributed by atoms with Crippen LogP contribution in [0, 0.1) is 5.92 Å². The molecule has 1 aromatic rings. The Bertz CT molecular complexity index is 441. The van der Waals surface area contributed by atoms with E-state index in [1.807, 2.05) is 30.0 Å². The molecule has 2 fully saturated rings. The van der Waals surface area contributed by atoms with Crippen molar-refractivity contribution in [1.29, 1.82) is 0 Å². The SMILES string of the molecule is CC(OCC1CC1)C(=O)N1CCC1c1ccccc1. The smallest absolute Gasteiger partial charge is 0.251 e. The molecule has 0 spiro atoms. The highest BCUT2D eigenvalue weighted by molar-refractivity contribution is 5.81. The van der Waals surface area contributed by atoms with Gasteiger partial charge in [0.2, 0.25) is 0 Å². The zero-order valence-corrected chi connectivity index (χ0v) is 11.4. The molecule has 1 saturated carbocycles. The fraction of sp³-hybridized carbons (Fsp3) is 0.562. The Morgan fingerprint density at radius 1 is 1.32 bits per heavy atom. The minimum Gasteiger partial charge on any atom is -0.368 e. The van der Waals surface area contributed by atoms with Gasteiger partial charge in [0.1, 0.15) is 6.10 Å². The van der Waals surface area contributed by atoms with E-state index < -0.39 is 0 Å². The number of benzene rings is 1. The molecule has 0 N–H and O–H groups in total. The van der Waals surface area contributed by atoms with Gasteiger partial charge in [-0.1, -0.05) is 30.3 Å². The average Bonchev–Trinajstić information content (AvgIpc) is 3.20. The molecule has 1 saturated heterocycles. The van der Waals surface area contributed by atoms with Crippen LogP contribution in [0.3, 0.4) is 0 Å². The molecular formula is C16H21NO2. The number of hydrogen-bond donors (Lipinski definition) is 0. The van der Waals surface area contributed by atoms with Crippen LogP contribution in [0.15, 0.2) is 30.3 Å². The molecule has 2 aliphatic rings. The Balaban J connectivity index is 1.57. The third-order valence-corrected chi connectivity index (χ3v) is 4.11. The van der Waals surface area contributed by atoms with Crippen LogP contribution in [-0.4, -0.2) is 30.1 Å². The van der Waals surface area contributed by atoms with Gasteiger partial charge in [0, 0.05) is 6.54 Å². The molecule has 1 aliphatic carbocycles. The minimum absolute atomic E-state index is 0.140. The lowest BCUT2D eigenvalue weighted by Gasteiger charge is -2.42. The van der Waals surface area contributed by atoms with Crippen LogP contribution in [0.4, 0.5) is 0 Å². The zero-order chi connectivity index (χ0) is 13.2. The second kappa shape index (κ2) is 5.33. The standard InChI is InChI=1S/C16H21NO2/c1-12(19-11-13-7-8-13)16(18)17-10-9-15(17)14-5-3-2-4-6-14/h2-6,12-13,15H,7-11H2,1H3. The first-order valence-corrected chi connectivity index (χ1v) is 7.22.